The summed E-state index contributed by atoms with van der Waals surface area (Å²) in [7, 11) is 0. The van der Waals surface area contributed by atoms with Crippen LogP contribution in [0.1, 0.15) is 37.7 Å². The predicted molar refractivity (Wildman–Crippen MR) is 75.6 cm³/mol. The third-order valence-electron chi connectivity index (χ3n) is 3.51. The summed E-state index contributed by atoms with van der Waals surface area (Å²) in [4.78, 5) is 12.0. The van der Waals surface area contributed by atoms with Crippen LogP contribution in [0.15, 0.2) is 18.2 Å². The molecule has 0 bridgehead atoms. The second kappa shape index (κ2) is 7.06. The van der Waals surface area contributed by atoms with Gasteiger partial charge in [-0.25, -0.2) is 4.39 Å². The van der Waals surface area contributed by atoms with Gasteiger partial charge in [-0.3, -0.25) is 4.79 Å². The van der Waals surface area contributed by atoms with Crippen LogP contribution in [0.2, 0.25) is 0 Å². The quantitative estimate of drug-likeness (QED) is 0.815. The van der Waals surface area contributed by atoms with E-state index in [1.807, 2.05) is 0 Å². The van der Waals surface area contributed by atoms with Gasteiger partial charge in [0, 0.05) is 11.6 Å². The number of halogens is 1. The molecular formula is C16H18FNO2. The van der Waals surface area contributed by atoms with Crippen molar-refractivity contribution in [3.63, 3.8) is 0 Å². The SMILES string of the molecule is O=C(Nc1ccc(C#CCO)c(F)c1)C1CCCCC1. The average molecular weight is 275 g/mol. The van der Waals surface area contributed by atoms with Crippen molar-refractivity contribution in [2.45, 2.75) is 32.1 Å². The second-order valence-electron chi connectivity index (χ2n) is 4.98. The summed E-state index contributed by atoms with van der Waals surface area (Å²) >= 11 is 0. The van der Waals surface area contributed by atoms with Crippen LogP contribution in [-0.2, 0) is 4.79 Å². The lowest BCUT2D eigenvalue weighted by Crippen LogP contribution is -2.24. The van der Waals surface area contributed by atoms with Crippen molar-refractivity contribution in [2.75, 3.05) is 11.9 Å². The van der Waals surface area contributed by atoms with Gasteiger partial charge >= 0.3 is 0 Å². The number of anilines is 1. The van der Waals surface area contributed by atoms with Crippen molar-refractivity contribution in [1.29, 1.82) is 0 Å². The zero-order valence-electron chi connectivity index (χ0n) is 11.3. The number of amides is 1. The number of nitrogens with one attached hydrogen (secondary N) is 1. The number of carbonyl (C=O) groups is 1. The fourth-order valence-electron chi connectivity index (χ4n) is 2.44. The number of rotatable bonds is 2. The Bertz CT molecular complexity index is 539. The molecule has 0 radical (unpaired) electrons. The van der Waals surface area contributed by atoms with E-state index in [0.717, 1.165) is 25.7 Å². The molecule has 0 aliphatic heterocycles. The Morgan fingerprint density at radius 3 is 2.75 bits per heavy atom. The Kier molecular flexibility index (Phi) is 5.14. The number of carbonyl (C=O) groups excluding carboxylic acids is 1. The standard InChI is InChI=1S/C16H18FNO2/c17-15-11-14(9-8-12(15)7-4-10-19)18-16(20)13-5-2-1-3-6-13/h8-9,11,13,19H,1-3,5-6,10H2,(H,18,20). The number of aliphatic hydroxyl groups excluding tert-OH is 1. The lowest BCUT2D eigenvalue weighted by atomic mass is 9.88. The van der Waals surface area contributed by atoms with Crippen LogP contribution in [0, 0.1) is 23.6 Å². The highest BCUT2D eigenvalue weighted by molar-refractivity contribution is 5.92. The van der Waals surface area contributed by atoms with Crippen molar-refractivity contribution in [2.24, 2.45) is 5.92 Å². The minimum absolute atomic E-state index is 0.0294. The first kappa shape index (κ1) is 14.5. The van der Waals surface area contributed by atoms with Gasteiger partial charge in [0.2, 0.25) is 5.91 Å². The van der Waals surface area contributed by atoms with Crippen LogP contribution in [0.5, 0.6) is 0 Å². The lowest BCUT2D eigenvalue weighted by molar-refractivity contribution is -0.120. The molecule has 1 aliphatic carbocycles. The van der Waals surface area contributed by atoms with E-state index in [4.69, 9.17) is 5.11 Å². The highest BCUT2D eigenvalue weighted by Gasteiger charge is 2.21. The third-order valence-corrected chi connectivity index (χ3v) is 3.51. The van der Waals surface area contributed by atoms with Crippen molar-refractivity contribution in [1.82, 2.24) is 0 Å². The van der Waals surface area contributed by atoms with Gasteiger partial charge < -0.3 is 10.4 Å². The van der Waals surface area contributed by atoms with Crippen LogP contribution in [0.25, 0.3) is 0 Å². The molecule has 0 heterocycles. The Hall–Kier alpha value is -1.86. The molecule has 1 amide bonds. The summed E-state index contributed by atoms with van der Waals surface area (Å²) in [5.41, 5.74) is 0.669. The lowest BCUT2D eigenvalue weighted by Gasteiger charge is -2.20. The molecule has 0 aromatic heterocycles. The largest absolute Gasteiger partial charge is 0.384 e. The zero-order valence-corrected chi connectivity index (χ0v) is 11.3. The first-order valence-corrected chi connectivity index (χ1v) is 6.91. The summed E-state index contributed by atoms with van der Waals surface area (Å²) in [6, 6.07) is 4.40. The fraction of sp³-hybridized carbons (Fsp3) is 0.438. The first-order valence-electron chi connectivity index (χ1n) is 6.91. The van der Waals surface area contributed by atoms with Gasteiger partial charge in [0.1, 0.15) is 12.4 Å². The molecule has 0 saturated heterocycles. The number of benzene rings is 1. The van der Waals surface area contributed by atoms with Crippen molar-refractivity contribution in [3.05, 3.63) is 29.6 Å². The number of hydrogen-bond acceptors (Lipinski definition) is 2. The van der Waals surface area contributed by atoms with E-state index in [2.05, 4.69) is 17.2 Å². The van der Waals surface area contributed by atoms with E-state index in [-0.39, 0.29) is 24.0 Å². The molecule has 2 N–H and O–H groups in total. The third kappa shape index (κ3) is 3.82. The maximum Gasteiger partial charge on any atom is 0.227 e. The Labute approximate surface area is 118 Å². The average Bonchev–Trinajstić information content (AvgIpc) is 2.47. The maximum absolute atomic E-state index is 13.7. The molecule has 4 heteroatoms. The molecule has 1 aliphatic rings. The molecule has 0 atom stereocenters. The molecule has 0 unspecified atom stereocenters. The molecular weight excluding hydrogens is 257 g/mol. The number of aliphatic hydroxyl groups is 1. The highest BCUT2D eigenvalue weighted by atomic mass is 19.1. The fourth-order valence-corrected chi connectivity index (χ4v) is 2.44. The Morgan fingerprint density at radius 1 is 1.35 bits per heavy atom. The highest BCUT2D eigenvalue weighted by Crippen LogP contribution is 2.25. The molecule has 1 saturated carbocycles. The minimum Gasteiger partial charge on any atom is -0.384 e. The molecule has 1 aromatic carbocycles. The van der Waals surface area contributed by atoms with Crippen molar-refractivity contribution >= 4 is 11.6 Å². The van der Waals surface area contributed by atoms with Crippen LogP contribution >= 0.6 is 0 Å². The van der Waals surface area contributed by atoms with Gasteiger partial charge in [-0.05, 0) is 31.0 Å². The Balaban J connectivity index is 2.02. The molecule has 2 rings (SSSR count). The molecule has 20 heavy (non-hydrogen) atoms. The minimum atomic E-state index is -0.493. The van der Waals surface area contributed by atoms with Crippen LogP contribution < -0.4 is 5.32 Å². The monoisotopic (exact) mass is 275 g/mol. The van der Waals surface area contributed by atoms with Crippen LogP contribution in [-0.4, -0.2) is 17.6 Å². The van der Waals surface area contributed by atoms with Crippen molar-refractivity contribution in [3.8, 4) is 11.8 Å². The summed E-state index contributed by atoms with van der Waals surface area (Å²) in [6.07, 6.45) is 5.18. The summed E-state index contributed by atoms with van der Waals surface area (Å²) in [5.74, 6) is 4.43. The van der Waals surface area contributed by atoms with Gasteiger partial charge in [0.05, 0.1) is 5.56 Å². The smallest absolute Gasteiger partial charge is 0.227 e. The molecule has 1 fully saturated rings. The van der Waals surface area contributed by atoms with Crippen LogP contribution in [0.3, 0.4) is 0 Å². The zero-order chi connectivity index (χ0) is 14.4. The van der Waals surface area contributed by atoms with Gasteiger partial charge in [0.15, 0.2) is 0 Å². The van der Waals surface area contributed by atoms with E-state index < -0.39 is 5.82 Å². The summed E-state index contributed by atoms with van der Waals surface area (Å²) < 4.78 is 13.7. The second-order valence-corrected chi connectivity index (χ2v) is 4.98. The Morgan fingerprint density at radius 2 is 2.10 bits per heavy atom. The van der Waals surface area contributed by atoms with Gasteiger partial charge in [0.25, 0.3) is 0 Å². The molecule has 3 nitrogen and oxygen atoms in total. The molecule has 106 valence electrons. The summed E-state index contributed by atoms with van der Waals surface area (Å²) in [5, 5.41) is 11.3. The maximum atomic E-state index is 13.7. The first-order chi connectivity index (χ1) is 9.70. The van der Waals surface area contributed by atoms with Gasteiger partial charge in [-0.1, -0.05) is 31.1 Å². The molecule has 1 aromatic rings. The van der Waals surface area contributed by atoms with E-state index in [9.17, 15) is 9.18 Å². The topological polar surface area (TPSA) is 49.3 Å². The van der Waals surface area contributed by atoms with E-state index in [0.29, 0.717) is 5.69 Å². The van der Waals surface area contributed by atoms with Crippen molar-refractivity contribution < 1.29 is 14.3 Å². The van der Waals surface area contributed by atoms with E-state index >= 15 is 0 Å². The number of hydrogen-bond donors (Lipinski definition) is 2. The normalized spacial score (nSPS) is 15.3. The summed E-state index contributed by atoms with van der Waals surface area (Å²) in [6.45, 7) is -0.306. The van der Waals surface area contributed by atoms with Gasteiger partial charge in [-0.2, -0.15) is 0 Å². The molecule has 0 spiro atoms. The predicted octanol–water partition coefficient (Wildman–Crippen LogP) is 2.69. The van der Waals surface area contributed by atoms with Gasteiger partial charge in [-0.15, -0.1) is 0 Å². The van der Waals surface area contributed by atoms with E-state index in [1.165, 1.54) is 18.6 Å². The van der Waals surface area contributed by atoms with Crippen LogP contribution in [0.4, 0.5) is 10.1 Å². The van der Waals surface area contributed by atoms with E-state index in [1.54, 1.807) is 6.07 Å².